The third-order valence-corrected chi connectivity index (χ3v) is 7.12. The molecule has 0 fully saturated rings. The number of alkyl halides is 3. The van der Waals surface area contributed by atoms with Crippen LogP contribution in [0.15, 0.2) is 65.6 Å². The summed E-state index contributed by atoms with van der Waals surface area (Å²) in [7, 11) is -1.88. The number of ether oxygens (including phenoxy) is 4. The SMILES string of the molecule is COc1ccc(S(=O)(=O)N(CC(=O)Nc2ccc3c(c2)OCO3)c2cccc(C(F)(F)F)c2)cc1OC. The lowest BCUT2D eigenvalue weighted by Gasteiger charge is -2.25. The van der Waals surface area contributed by atoms with Crippen molar-refractivity contribution in [2.75, 3.05) is 37.2 Å². The van der Waals surface area contributed by atoms with E-state index < -0.39 is 34.2 Å². The topological polar surface area (TPSA) is 103 Å². The number of carbonyl (C=O) groups is 1. The molecule has 1 aliphatic heterocycles. The minimum Gasteiger partial charge on any atom is -0.493 e. The average molecular weight is 539 g/mol. The quantitative estimate of drug-likeness (QED) is 0.457. The largest absolute Gasteiger partial charge is 0.493 e. The van der Waals surface area contributed by atoms with Crippen molar-refractivity contribution in [3.05, 3.63) is 66.2 Å². The highest BCUT2D eigenvalue weighted by Gasteiger charge is 2.33. The van der Waals surface area contributed by atoms with Crippen LogP contribution in [-0.2, 0) is 21.0 Å². The van der Waals surface area contributed by atoms with Crippen LogP contribution in [-0.4, -0.2) is 41.9 Å². The average Bonchev–Trinajstić information content (AvgIpc) is 3.34. The highest BCUT2D eigenvalue weighted by Crippen LogP contribution is 2.36. The zero-order valence-corrected chi connectivity index (χ0v) is 20.4. The number of nitrogens with one attached hydrogen (secondary N) is 1. The van der Waals surface area contributed by atoms with Crippen LogP contribution in [0.2, 0.25) is 0 Å². The first-order chi connectivity index (χ1) is 17.5. The van der Waals surface area contributed by atoms with E-state index in [-0.39, 0.29) is 34.6 Å². The lowest BCUT2D eigenvalue weighted by molar-refractivity contribution is -0.137. The predicted octanol–water partition coefficient (Wildman–Crippen LogP) is 4.29. The van der Waals surface area contributed by atoms with Crippen LogP contribution in [0, 0.1) is 0 Å². The first-order valence-corrected chi connectivity index (χ1v) is 12.1. The number of sulfonamides is 1. The molecule has 0 spiro atoms. The van der Waals surface area contributed by atoms with E-state index in [1.807, 2.05) is 0 Å². The lowest BCUT2D eigenvalue weighted by Crippen LogP contribution is -2.38. The number of fused-ring (bicyclic) bond motifs is 1. The van der Waals surface area contributed by atoms with Crippen molar-refractivity contribution in [3.63, 3.8) is 0 Å². The molecule has 3 aromatic carbocycles. The first kappa shape index (κ1) is 25.9. The normalized spacial score (nSPS) is 12.7. The van der Waals surface area contributed by atoms with Crippen molar-refractivity contribution < 1.29 is 45.3 Å². The maximum Gasteiger partial charge on any atom is 0.416 e. The maximum atomic E-state index is 13.6. The summed E-state index contributed by atoms with van der Waals surface area (Å²) in [6, 6.07) is 11.9. The summed E-state index contributed by atoms with van der Waals surface area (Å²) in [6.07, 6.45) is -4.73. The number of hydrogen-bond donors (Lipinski definition) is 1. The molecule has 13 heteroatoms. The number of amides is 1. The smallest absolute Gasteiger partial charge is 0.416 e. The lowest BCUT2D eigenvalue weighted by atomic mass is 10.2. The molecule has 0 radical (unpaired) electrons. The van der Waals surface area contributed by atoms with Gasteiger partial charge < -0.3 is 24.3 Å². The van der Waals surface area contributed by atoms with E-state index >= 15 is 0 Å². The van der Waals surface area contributed by atoms with E-state index in [1.54, 1.807) is 6.07 Å². The zero-order chi connectivity index (χ0) is 26.8. The van der Waals surface area contributed by atoms with Gasteiger partial charge in [-0.3, -0.25) is 9.10 Å². The summed E-state index contributed by atoms with van der Waals surface area (Å²) >= 11 is 0. The van der Waals surface area contributed by atoms with E-state index in [0.717, 1.165) is 18.2 Å². The molecule has 196 valence electrons. The van der Waals surface area contributed by atoms with Gasteiger partial charge in [-0.25, -0.2) is 8.42 Å². The molecule has 0 aromatic heterocycles. The van der Waals surface area contributed by atoms with Gasteiger partial charge in [0.2, 0.25) is 12.7 Å². The molecule has 1 aliphatic rings. The van der Waals surface area contributed by atoms with Crippen molar-refractivity contribution in [1.82, 2.24) is 0 Å². The Morgan fingerprint density at radius 3 is 2.41 bits per heavy atom. The van der Waals surface area contributed by atoms with Gasteiger partial charge in [-0.2, -0.15) is 13.2 Å². The zero-order valence-electron chi connectivity index (χ0n) is 19.5. The Labute approximate surface area is 210 Å². The molecule has 0 saturated carbocycles. The molecule has 9 nitrogen and oxygen atoms in total. The number of benzene rings is 3. The van der Waals surface area contributed by atoms with Gasteiger partial charge in [-0.05, 0) is 42.5 Å². The molecule has 37 heavy (non-hydrogen) atoms. The number of hydrogen-bond acceptors (Lipinski definition) is 7. The number of halogens is 3. The Bertz CT molecular complexity index is 1430. The van der Waals surface area contributed by atoms with Gasteiger partial charge in [-0.15, -0.1) is 0 Å². The van der Waals surface area contributed by atoms with Gasteiger partial charge in [0, 0.05) is 17.8 Å². The summed E-state index contributed by atoms with van der Waals surface area (Å²) in [6.45, 7) is -0.813. The first-order valence-electron chi connectivity index (χ1n) is 10.6. The van der Waals surface area contributed by atoms with Crippen LogP contribution >= 0.6 is 0 Å². The minimum absolute atomic E-state index is 0.0135. The number of anilines is 2. The molecule has 3 aromatic rings. The Morgan fingerprint density at radius 2 is 1.70 bits per heavy atom. The minimum atomic E-state index is -4.73. The Balaban J connectivity index is 1.71. The maximum absolute atomic E-state index is 13.6. The van der Waals surface area contributed by atoms with Gasteiger partial charge in [-0.1, -0.05) is 6.07 Å². The van der Waals surface area contributed by atoms with Crippen LogP contribution in [0.3, 0.4) is 0 Å². The van der Waals surface area contributed by atoms with Gasteiger partial charge in [0.15, 0.2) is 23.0 Å². The molecule has 1 heterocycles. The summed E-state index contributed by atoms with van der Waals surface area (Å²) in [5.74, 6) is 0.371. The Hall–Kier alpha value is -4.13. The summed E-state index contributed by atoms with van der Waals surface area (Å²) in [5, 5.41) is 2.53. The Morgan fingerprint density at radius 1 is 0.973 bits per heavy atom. The van der Waals surface area contributed by atoms with Crippen molar-refractivity contribution in [2.24, 2.45) is 0 Å². The molecular formula is C24H21F3N2O7S. The van der Waals surface area contributed by atoms with Crippen molar-refractivity contribution in [3.8, 4) is 23.0 Å². The summed E-state index contributed by atoms with van der Waals surface area (Å²) in [5.41, 5.74) is -1.15. The Kier molecular flexibility index (Phi) is 7.07. The van der Waals surface area contributed by atoms with Crippen molar-refractivity contribution in [2.45, 2.75) is 11.1 Å². The monoisotopic (exact) mass is 538 g/mol. The van der Waals surface area contributed by atoms with E-state index in [1.165, 1.54) is 44.6 Å². The van der Waals surface area contributed by atoms with Crippen molar-refractivity contribution in [1.29, 1.82) is 0 Å². The molecule has 1 N–H and O–H groups in total. The summed E-state index contributed by atoms with van der Waals surface area (Å²) in [4.78, 5) is 12.6. The third-order valence-electron chi connectivity index (χ3n) is 5.35. The third kappa shape index (κ3) is 5.50. The molecular weight excluding hydrogens is 517 g/mol. The van der Waals surface area contributed by atoms with Crippen LogP contribution in [0.25, 0.3) is 0 Å². The number of rotatable bonds is 8. The number of nitrogens with zero attached hydrogens (tertiary/aromatic N) is 1. The fourth-order valence-corrected chi connectivity index (χ4v) is 4.99. The molecule has 0 saturated heterocycles. The van der Waals surface area contributed by atoms with E-state index in [2.05, 4.69) is 5.32 Å². The standard InChI is InChI=1S/C24H21F3N2O7S/c1-33-19-9-7-18(12-21(19)34-2)37(31,32)29(17-5-3-4-15(10-17)24(25,26)27)13-23(30)28-16-6-8-20-22(11-16)36-14-35-20/h3-12H,13-14H2,1-2H3,(H,28,30). The second-order valence-corrected chi connectivity index (χ2v) is 9.56. The van der Waals surface area contributed by atoms with E-state index in [0.29, 0.717) is 21.9 Å². The van der Waals surface area contributed by atoms with Gasteiger partial charge >= 0.3 is 6.18 Å². The van der Waals surface area contributed by atoms with Gasteiger partial charge in [0.1, 0.15) is 6.54 Å². The molecule has 0 aliphatic carbocycles. The highest BCUT2D eigenvalue weighted by atomic mass is 32.2. The second-order valence-electron chi connectivity index (χ2n) is 7.69. The van der Waals surface area contributed by atoms with Crippen molar-refractivity contribution >= 4 is 27.3 Å². The van der Waals surface area contributed by atoms with E-state index in [4.69, 9.17) is 18.9 Å². The molecule has 0 bridgehead atoms. The van der Waals surface area contributed by atoms with Gasteiger partial charge in [0.05, 0.1) is 30.4 Å². The van der Waals surface area contributed by atoms with Crippen LogP contribution in [0.5, 0.6) is 23.0 Å². The molecule has 4 rings (SSSR count). The fourth-order valence-electron chi connectivity index (χ4n) is 3.56. The molecule has 0 atom stereocenters. The fraction of sp³-hybridized carbons (Fsp3) is 0.208. The number of methoxy groups -OCH3 is 2. The summed E-state index contributed by atoms with van der Waals surface area (Å²) < 4.78 is 88.8. The molecule has 0 unspecified atom stereocenters. The highest BCUT2D eigenvalue weighted by molar-refractivity contribution is 7.92. The number of carbonyl (C=O) groups excluding carboxylic acids is 1. The van der Waals surface area contributed by atoms with Gasteiger partial charge in [0.25, 0.3) is 10.0 Å². The predicted molar refractivity (Wildman–Crippen MR) is 127 cm³/mol. The van der Waals surface area contributed by atoms with Crippen LogP contribution in [0.4, 0.5) is 24.5 Å². The van der Waals surface area contributed by atoms with Crippen LogP contribution < -0.4 is 28.6 Å². The molecule has 1 amide bonds. The van der Waals surface area contributed by atoms with E-state index in [9.17, 15) is 26.4 Å². The second kappa shape index (κ2) is 10.1. The van der Waals surface area contributed by atoms with Crippen LogP contribution in [0.1, 0.15) is 5.56 Å².